The summed E-state index contributed by atoms with van der Waals surface area (Å²) in [6.07, 6.45) is -3.02. The minimum atomic E-state index is -4.55. The zero-order valence-electron chi connectivity index (χ0n) is 15.3. The average molecular weight is 419 g/mol. The van der Waals surface area contributed by atoms with E-state index in [2.05, 4.69) is 10.2 Å². The van der Waals surface area contributed by atoms with Crippen molar-refractivity contribution in [3.63, 3.8) is 0 Å². The molecular weight excluding hydrogens is 400 g/mol. The molecule has 158 valence electrons. The molecule has 2 N–H and O–H groups in total. The molecule has 1 aromatic carbocycles. The summed E-state index contributed by atoms with van der Waals surface area (Å²) in [6.45, 7) is 0.713. The standard InChI is InChI=1S/C18H19F6N5/c19-12-7-14(21)13(20)6-11(12)10-2-1-9(5-15(10)25)28-3-4-29-16(8-28)26-27-17(29)18(22,23)24/h6-7,9-10,15H,1-5,8,25H2/t9?,10?,15-/m0/s1. The highest BCUT2D eigenvalue weighted by Gasteiger charge is 2.41. The number of rotatable bonds is 2. The Morgan fingerprint density at radius 2 is 1.69 bits per heavy atom. The molecule has 2 unspecified atom stereocenters. The Morgan fingerprint density at radius 3 is 2.38 bits per heavy atom. The number of hydrogen-bond donors (Lipinski definition) is 1. The van der Waals surface area contributed by atoms with Crippen LogP contribution in [0.25, 0.3) is 0 Å². The molecule has 0 spiro atoms. The predicted molar refractivity (Wildman–Crippen MR) is 90.1 cm³/mol. The van der Waals surface area contributed by atoms with E-state index in [0.717, 1.165) is 10.6 Å². The number of aromatic nitrogens is 3. The van der Waals surface area contributed by atoms with Crippen LogP contribution in [0.4, 0.5) is 26.3 Å². The van der Waals surface area contributed by atoms with Gasteiger partial charge in [-0.3, -0.25) is 4.90 Å². The summed E-state index contributed by atoms with van der Waals surface area (Å²) in [5.74, 6) is -4.40. The highest BCUT2D eigenvalue weighted by Crippen LogP contribution is 2.37. The van der Waals surface area contributed by atoms with Crippen LogP contribution in [-0.2, 0) is 19.3 Å². The monoisotopic (exact) mass is 419 g/mol. The van der Waals surface area contributed by atoms with E-state index in [0.29, 0.717) is 31.9 Å². The fraction of sp³-hybridized carbons (Fsp3) is 0.556. The first-order valence-electron chi connectivity index (χ1n) is 9.28. The molecule has 1 fully saturated rings. The first-order chi connectivity index (χ1) is 13.6. The maximum atomic E-state index is 14.1. The molecule has 1 aromatic heterocycles. The van der Waals surface area contributed by atoms with Crippen LogP contribution >= 0.6 is 0 Å². The molecule has 2 aromatic rings. The van der Waals surface area contributed by atoms with Crippen molar-refractivity contribution in [3.8, 4) is 0 Å². The molecule has 4 rings (SSSR count). The minimum absolute atomic E-state index is 0.0191. The van der Waals surface area contributed by atoms with Crippen molar-refractivity contribution in [1.82, 2.24) is 19.7 Å². The van der Waals surface area contributed by atoms with Crippen LogP contribution in [0.3, 0.4) is 0 Å². The van der Waals surface area contributed by atoms with Gasteiger partial charge in [0.05, 0.1) is 6.54 Å². The number of hydrogen-bond acceptors (Lipinski definition) is 4. The number of halogens is 6. The molecule has 5 nitrogen and oxygen atoms in total. The quantitative estimate of drug-likeness (QED) is 0.600. The lowest BCUT2D eigenvalue weighted by Gasteiger charge is -2.41. The zero-order valence-corrected chi connectivity index (χ0v) is 15.3. The first-order valence-corrected chi connectivity index (χ1v) is 9.28. The molecule has 1 saturated carbocycles. The van der Waals surface area contributed by atoms with Gasteiger partial charge in [-0.25, -0.2) is 13.2 Å². The maximum absolute atomic E-state index is 14.1. The molecule has 29 heavy (non-hydrogen) atoms. The fourth-order valence-corrected chi connectivity index (χ4v) is 4.42. The molecule has 3 atom stereocenters. The fourth-order valence-electron chi connectivity index (χ4n) is 4.42. The van der Waals surface area contributed by atoms with Gasteiger partial charge in [0.25, 0.3) is 0 Å². The number of fused-ring (bicyclic) bond motifs is 1. The number of nitrogens with two attached hydrogens (primary N) is 1. The van der Waals surface area contributed by atoms with Gasteiger partial charge in [0.15, 0.2) is 11.6 Å². The van der Waals surface area contributed by atoms with Gasteiger partial charge < -0.3 is 10.3 Å². The second-order valence-electron chi connectivity index (χ2n) is 7.58. The first kappa shape index (κ1) is 20.1. The molecular formula is C18H19F6N5. The lowest BCUT2D eigenvalue weighted by Crippen LogP contribution is -2.48. The topological polar surface area (TPSA) is 60.0 Å². The van der Waals surface area contributed by atoms with Crippen LogP contribution in [0.5, 0.6) is 0 Å². The van der Waals surface area contributed by atoms with Gasteiger partial charge in [-0.05, 0) is 30.9 Å². The van der Waals surface area contributed by atoms with E-state index in [1.807, 2.05) is 4.90 Å². The zero-order chi connectivity index (χ0) is 20.9. The summed E-state index contributed by atoms with van der Waals surface area (Å²) in [7, 11) is 0. The van der Waals surface area contributed by atoms with Gasteiger partial charge in [0.1, 0.15) is 11.6 Å². The van der Waals surface area contributed by atoms with E-state index in [9.17, 15) is 26.3 Å². The molecule has 1 aliphatic heterocycles. The highest BCUT2D eigenvalue weighted by atomic mass is 19.4. The lowest BCUT2D eigenvalue weighted by atomic mass is 9.77. The smallest absolute Gasteiger partial charge is 0.327 e. The van der Waals surface area contributed by atoms with Gasteiger partial charge in [-0.15, -0.1) is 10.2 Å². The molecule has 0 radical (unpaired) electrons. The third-order valence-corrected chi connectivity index (χ3v) is 5.86. The number of nitrogens with zero attached hydrogens (tertiary/aromatic N) is 4. The summed E-state index contributed by atoms with van der Waals surface area (Å²) >= 11 is 0. The second-order valence-corrected chi connectivity index (χ2v) is 7.58. The Kier molecular flexibility index (Phi) is 5.06. The second kappa shape index (κ2) is 7.28. The Balaban J connectivity index is 1.46. The predicted octanol–water partition coefficient (Wildman–Crippen LogP) is 3.19. The van der Waals surface area contributed by atoms with Crippen LogP contribution in [0.15, 0.2) is 12.1 Å². The molecule has 11 heteroatoms. The maximum Gasteiger partial charge on any atom is 0.451 e. The summed E-state index contributed by atoms with van der Waals surface area (Å²) in [5, 5.41) is 6.94. The minimum Gasteiger partial charge on any atom is -0.327 e. The van der Waals surface area contributed by atoms with E-state index in [-0.39, 0.29) is 30.5 Å². The van der Waals surface area contributed by atoms with Gasteiger partial charge in [-0.1, -0.05) is 0 Å². The van der Waals surface area contributed by atoms with Gasteiger partial charge in [0.2, 0.25) is 5.82 Å². The van der Waals surface area contributed by atoms with E-state index >= 15 is 0 Å². The van der Waals surface area contributed by atoms with Crippen molar-refractivity contribution in [2.75, 3.05) is 6.54 Å². The Hall–Kier alpha value is -2.14. The molecule has 2 aliphatic rings. The molecule has 1 aliphatic carbocycles. The SMILES string of the molecule is N[C@H]1CC(N2CCn3c(nnc3C(F)(F)F)C2)CCC1c1cc(F)c(F)cc1F. The van der Waals surface area contributed by atoms with Gasteiger partial charge in [-0.2, -0.15) is 13.2 Å². The number of benzene rings is 1. The normalized spacial score (nSPS) is 25.8. The van der Waals surface area contributed by atoms with Crippen molar-refractivity contribution >= 4 is 0 Å². The Morgan fingerprint density at radius 1 is 0.966 bits per heavy atom. The molecule has 0 amide bonds. The Labute approximate surface area is 162 Å². The van der Waals surface area contributed by atoms with Crippen LogP contribution in [-0.4, -0.2) is 38.3 Å². The van der Waals surface area contributed by atoms with Gasteiger partial charge >= 0.3 is 6.18 Å². The van der Waals surface area contributed by atoms with Crippen molar-refractivity contribution in [3.05, 3.63) is 46.8 Å². The van der Waals surface area contributed by atoms with Crippen molar-refractivity contribution in [2.24, 2.45) is 5.73 Å². The summed E-state index contributed by atoms with van der Waals surface area (Å²) < 4.78 is 80.8. The van der Waals surface area contributed by atoms with Crippen LogP contribution < -0.4 is 5.73 Å². The van der Waals surface area contributed by atoms with Crippen LogP contribution in [0.1, 0.15) is 42.4 Å². The van der Waals surface area contributed by atoms with Crippen LogP contribution in [0.2, 0.25) is 0 Å². The number of alkyl halides is 3. The van der Waals surface area contributed by atoms with Crippen molar-refractivity contribution < 1.29 is 26.3 Å². The van der Waals surface area contributed by atoms with Crippen molar-refractivity contribution in [2.45, 2.75) is 56.5 Å². The summed E-state index contributed by atoms with van der Waals surface area (Å²) in [5.41, 5.74) is 6.29. The average Bonchev–Trinajstić information content (AvgIpc) is 3.08. The molecule has 0 bridgehead atoms. The molecule has 0 saturated heterocycles. The third-order valence-electron chi connectivity index (χ3n) is 5.86. The van der Waals surface area contributed by atoms with E-state index < -0.39 is 41.4 Å². The van der Waals surface area contributed by atoms with E-state index in [4.69, 9.17) is 5.73 Å². The van der Waals surface area contributed by atoms with E-state index in [1.165, 1.54) is 0 Å². The van der Waals surface area contributed by atoms with Crippen LogP contribution in [0, 0.1) is 17.5 Å². The third kappa shape index (κ3) is 3.73. The summed E-state index contributed by atoms with van der Waals surface area (Å²) in [6, 6.07) is 0.879. The lowest BCUT2D eigenvalue weighted by molar-refractivity contribution is -0.148. The Bertz CT molecular complexity index is 911. The highest BCUT2D eigenvalue weighted by molar-refractivity contribution is 5.26. The summed E-state index contributed by atoms with van der Waals surface area (Å²) in [4.78, 5) is 2.00. The largest absolute Gasteiger partial charge is 0.451 e. The van der Waals surface area contributed by atoms with Gasteiger partial charge in [0, 0.05) is 37.2 Å². The molecule has 2 heterocycles. The van der Waals surface area contributed by atoms with E-state index in [1.54, 1.807) is 0 Å². The van der Waals surface area contributed by atoms with Crippen molar-refractivity contribution in [1.29, 1.82) is 0 Å².